The summed E-state index contributed by atoms with van der Waals surface area (Å²) in [6.45, 7) is 12.1. The molecular weight excluding hydrogens is 891 g/mol. The maximum atomic E-state index is 14.6. The number of alkyl carbamates (subject to hydrolysis) is 1. The molecule has 6 rings (SSSR count). The second-order valence-electron chi connectivity index (χ2n) is 17.8. The van der Waals surface area contributed by atoms with Crippen LogP contribution in [-0.2, 0) is 38.0 Å². The second-order valence-corrected chi connectivity index (χ2v) is 17.8. The van der Waals surface area contributed by atoms with Crippen LogP contribution in [-0.4, -0.2) is 114 Å². The van der Waals surface area contributed by atoms with Crippen molar-refractivity contribution >= 4 is 47.7 Å². The Labute approximate surface area is 399 Å². The van der Waals surface area contributed by atoms with E-state index in [2.05, 4.69) is 17.2 Å². The molecule has 2 N–H and O–H groups in total. The summed E-state index contributed by atoms with van der Waals surface area (Å²) in [5.41, 5.74) is -0.824. The van der Waals surface area contributed by atoms with Gasteiger partial charge in [-0.1, -0.05) is 87.2 Å². The Kier molecular flexibility index (Phi) is 16.5. The average Bonchev–Trinajstić information content (AvgIpc) is 3.58. The van der Waals surface area contributed by atoms with E-state index in [4.69, 9.17) is 28.4 Å². The van der Waals surface area contributed by atoms with Crippen LogP contribution >= 0.6 is 0 Å². The van der Waals surface area contributed by atoms with Crippen molar-refractivity contribution in [2.45, 2.75) is 95.6 Å². The van der Waals surface area contributed by atoms with Gasteiger partial charge in [0.05, 0.1) is 34.9 Å². The van der Waals surface area contributed by atoms with E-state index in [1.54, 1.807) is 87.5 Å². The highest BCUT2D eigenvalue weighted by molar-refractivity contribution is 6.21. The number of methoxy groups -OCH3 is 1. The van der Waals surface area contributed by atoms with Gasteiger partial charge in [-0.2, -0.15) is 0 Å². The van der Waals surface area contributed by atoms with Crippen LogP contribution < -0.4 is 10.6 Å². The third-order valence-electron chi connectivity index (χ3n) is 11.1. The minimum atomic E-state index is -1.80. The minimum Gasteiger partial charge on any atom is -0.467 e. The van der Waals surface area contributed by atoms with E-state index in [0.29, 0.717) is 0 Å². The SMILES string of the molecule is C=C(C[C@H](NC(=O)OC(C)(C)C)C(=O)N[C@@H](CC(C)C)C(=O)OC)[C@@H]1OC(COC(=O)c2ccccc2)[C@@H](OC(=O)c2ccccc2)C(OC(=O)c2ccccc2)C1N1C(=O)c2ccccc2C1=O. The van der Waals surface area contributed by atoms with Crippen LogP contribution in [0.5, 0.6) is 0 Å². The van der Waals surface area contributed by atoms with Crippen LogP contribution in [0.2, 0.25) is 0 Å². The Morgan fingerprint density at radius 1 is 0.681 bits per heavy atom. The number of ether oxygens (including phenoxy) is 6. The van der Waals surface area contributed by atoms with Crippen LogP contribution in [0.25, 0.3) is 0 Å². The number of nitrogens with zero attached hydrogens (tertiary/aromatic N) is 1. The van der Waals surface area contributed by atoms with Crippen LogP contribution in [0.1, 0.15) is 99.3 Å². The number of hydrogen-bond donors (Lipinski definition) is 2. The summed E-state index contributed by atoms with van der Waals surface area (Å²) in [5.74, 6) is -6.07. The zero-order valence-corrected chi connectivity index (χ0v) is 39.1. The molecule has 2 heterocycles. The first-order valence-corrected chi connectivity index (χ1v) is 22.3. The lowest BCUT2D eigenvalue weighted by molar-refractivity contribution is -0.197. The van der Waals surface area contributed by atoms with Gasteiger partial charge in [-0.15, -0.1) is 0 Å². The van der Waals surface area contributed by atoms with Crippen LogP contribution in [0.15, 0.2) is 127 Å². The number of nitrogens with one attached hydrogen (secondary N) is 2. The molecule has 4 amide bonds. The highest BCUT2D eigenvalue weighted by Gasteiger charge is 2.58. The molecule has 4 aromatic carbocycles. The first kappa shape index (κ1) is 50.7. The second kappa shape index (κ2) is 22.4. The number of rotatable bonds is 17. The molecule has 0 aliphatic carbocycles. The van der Waals surface area contributed by atoms with E-state index in [1.165, 1.54) is 55.6 Å². The van der Waals surface area contributed by atoms with Crippen molar-refractivity contribution in [3.63, 3.8) is 0 Å². The normalized spacial score (nSPS) is 19.6. The number of hydrogen-bond acceptors (Lipinski definition) is 14. The molecule has 4 aromatic rings. The molecule has 1 saturated heterocycles. The lowest BCUT2D eigenvalue weighted by Gasteiger charge is -2.48. The minimum absolute atomic E-state index is 0.000376. The van der Waals surface area contributed by atoms with E-state index < -0.39 is 109 Å². The van der Waals surface area contributed by atoms with Gasteiger partial charge in [0.25, 0.3) is 11.8 Å². The average molecular weight is 946 g/mol. The molecule has 362 valence electrons. The van der Waals surface area contributed by atoms with Gasteiger partial charge in [0.2, 0.25) is 5.91 Å². The quantitative estimate of drug-likeness (QED) is 0.0516. The summed E-state index contributed by atoms with van der Waals surface area (Å²) in [7, 11) is 1.17. The van der Waals surface area contributed by atoms with Gasteiger partial charge < -0.3 is 39.1 Å². The van der Waals surface area contributed by atoms with Gasteiger partial charge >= 0.3 is 30.0 Å². The Morgan fingerprint density at radius 3 is 1.64 bits per heavy atom. The molecule has 2 aliphatic rings. The molecular formula is C52H55N3O14. The van der Waals surface area contributed by atoms with Gasteiger partial charge in [-0.3, -0.25) is 19.3 Å². The summed E-state index contributed by atoms with van der Waals surface area (Å²) in [5, 5.41) is 5.20. The van der Waals surface area contributed by atoms with Crippen molar-refractivity contribution in [2.75, 3.05) is 13.7 Å². The molecule has 0 bridgehead atoms. The zero-order chi connectivity index (χ0) is 50.0. The van der Waals surface area contributed by atoms with Crippen molar-refractivity contribution in [2.24, 2.45) is 5.92 Å². The summed E-state index contributed by atoms with van der Waals surface area (Å²) in [6.07, 6.45) is -8.07. The van der Waals surface area contributed by atoms with E-state index >= 15 is 0 Å². The Bertz CT molecular complexity index is 2510. The number of fused-ring (bicyclic) bond motifs is 1. The highest BCUT2D eigenvalue weighted by Crippen LogP contribution is 2.39. The van der Waals surface area contributed by atoms with Crippen molar-refractivity contribution in [1.29, 1.82) is 0 Å². The summed E-state index contributed by atoms with van der Waals surface area (Å²) in [6, 6.07) is 25.1. The molecule has 0 radical (unpaired) electrons. The van der Waals surface area contributed by atoms with Crippen LogP contribution in [0.3, 0.4) is 0 Å². The number of carbonyl (C=O) groups is 8. The maximum Gasteiger partial charge on any atom is 0.408 e. The molecule has 0 spiro atoms. The largest absolute Gasteiger partial charge is 0.467 e. The molecule has 17 nitrogen and oxygen atoms in total. The fourth-order valence-corrected chi connectivity index (χ4v) is 7.92. The molecule has 17 heteroatoms. The number of esters is 4. The van der Waals surface area contributed by atoms with E-state index in [0.717, 1.165) is 4.90 Å². The summed E-state index contributed by atoms with van der Waals surface area (Å²) < 4.78 is 35.5. The lowest BCUT2D eigenvalue weighted by atomic mass is 9.85. The Hall–Kier alpha value is -7.66. The Balaban J connectivity index is 1.50. The first-order valence-electron chi connectivity index (χ1n) is 22.3. The van der Waals surface area contributed by atoms with Crippen LogP contribution in [0, 0.1) is 5.92 Å². The van der Waals surface area contributed by atoms with Crippen molar-refractivity contribution in [3.8, 4) is 0 Å². The molecule has 0 saturated carbocycles. The van der Waals surface area contributed by atoms with Crippen molar-refractivity contribution in [3.05, 3.63) is 155 Å². The fourth-order valence-electron chi connectivity index (χ4n) is 7.92. The third-order valence-corrected chi connectivity index (χ3v) is 11.1. The molecule has 7 atom stereocenters. The molecule has 1 fully saturated rings. The zero-order valence-electron chi connectivity index (χ0n) is 39.1. The summed E-state index contributed by atoms with van der Waals surface area (Å²) >= 11 is 0. The number of benzene rings is 4. The van der Waals surface area contributed by atoms with E-state index in [9.17, 15) is 38.4 Å². The molecule has 0 aromatic heterocycles. The lowest BCUT2D eigenvalue weighted by Crippen LogP contribution is -2.67. The maximum absolute atomic E-state index is 14.6. The van der Waals surface area contributed by atoms with Gasteiger partial charge in [0.1, 0.15) is 42.5 Å². The van der Waals surface area contributed by atoms with Gasteiger partial charge in [-0.25, -0.2) is 24.0 Å². The Morgan fingerprint density at radius 2 is 1.16 bits per heavy atom. The standard InChI is InChI=1S/C52H55N3O14/c1-30(2)27-38(50(62)64-7)53-44(56)37(54-51(63)69-52(4,5)6)28-31(3)41-40(55-45(57)35-25-17-18-26-36(35)46(55)58)43(68-49(61)34-23-15-10-16-24-34)42(67-48(60)33-21-13-9-14-22-33)39(66-41)29-65-47(59)32-19-11-8-12-20-32/h8-26,30,37-43H,3,27-29H2,1-2,4-7H3,(H,53,56)(H,54,63)/t37-,38-,39?,40?,41-,42+,43?/m0/s1. The van der Waals surface area contributed by atoms with E-state index in [-0.39, 0.29) is 45.7 Å². The highest BCUT2D eigenvalue weighted by atomic mass is 16.6. The first-order chi connectivity index (χ1) is 32.9. The fraction of sp³-hybridized carbons (Fsp3) is 0.346. The van der Waals surface area contributed by atoms with Crippen LogP contribution in [0.4, 0.5) is 4.79 Å². The molecule has 69 heavy (non-hydrogen) atoms. The van der Waals surface area contributed by atoms with Crippen molar-refractivity contribution in [1.82, 2.24) is 15.5 Å². The summed E-state index contributed by atoms with van der Waals surface area (Å²) in [4.78, 5) is 113. The molecule has 2 aliphatic heterocycles. The smallest absolute Gasteiger partial charge is 0.408 e. The molecule has 3 unspecified atom stereocenters. The monoisotopic (exact) mass is 945 g/mol. The predicted octanol–water partition coefficient (Wildman–Crippen LogP) is 6.27. The third kappa shape index (κ3) is 12.7. The van der Waals surface area contributed by atoms with E-state index in [1.807, 2.05) is 13.8 Å². The van der Waals surface area contributed by atoms with Gasteiger partial charge in [0.15, 0.2) is 12.2 Å². The predicted molar refractivity (Wildman–Crippen MR) is 248 cm³/mol. The van der Waals surface area contributed by atoms with Crippen molar-refractivity contribution < 1.29 is 66.8 Å². The number of amides is 4. The van der Waals surface area contributed by atoms with Gasteiger partial charge in [-0.05, 0) is 87.2 Å². The number of imide groups is 1. The topological polar surface area (TPSA) is 219 Å². The van der Waals surface area contributed by atoms with Gasteiger partial charge in [0, 0.05) is 6.42 Å². The number of carbonyl (C=O) groups excluding carboxylic acids is 8.